The van der Waals surface area contributed by atoms with Gasteiger partial charge in [-0.2, -0.15) is 0 Å². The van der Waals surface area contributed by atoms with Gasteiger partial charge in [-0.25, -0.2) is 0 Å². The molecular weight excluding hydrogens is 145 g/mol. The van der Waals surface area contributed by atoms with Gasteiger partial charge in [-0.05, 0) is 6.92 Å². The number of hydrogen-bond donors (Lipinski definition) is 0. The second kappa shape index (κ2) is 2.98. The Kier molecular flexibility index (Phi) is 2.23. The third-order valence-corrected chi connectivity index (χ3v) is 1.61. The molecule has 54 valence electrons. The minimum atomic E-state index is 0.889. The van der Waals surface area contributed by atoms with Crippen LogP contribution in [0.3, 0.4) is 0 Å². The molecule has 1 aromatic rings. The molecule has 0 fully saturated rings. The van der Waals surface area contributed by atoms with Crippen molar-refractivity contribution in [2.75, 3.05) is 7.11 Å². The van der Waals surface area contributed by atoms with E-state index in [2.05, 4.69) is 14.2 Å². The molecule has 0 radical (unpaired) electrons. The molecule has 1 rings (SSSR count). The molecule has 0 saturated heterocycles. The molecule has 0 aliphatic rings. The summed E-state index contributed by atoms with van der Waals surface area (Å²) >= 11 is 0. The molecule has 0 aliphatic heterocycles. The van der Waals surface area contributed by atoms with Crippen molar-refractivity contribution in [3.63, 3.8) is 0 Å². The number of rotatable bonds is 1. The minimum absolute atomic E-state index is 0.889. The fourth-order valence-corrected chi connectivity index (χ4v) is 0.966. The van der Waals surface area contributed by atoms with E-state index < -0.39 is 0 Å². The predicted octanol–water partition coefficient (Wildman–Crippen LogP) is 0.899. The summed E-state index contributed by atoms with van der Waals surface area (Å²) in [5, 5.41) is 0. The summed E-state index contributed by atoms with van der Waals surface area (Å²) in [7, 11) is 4.18. The van der Waals surface area contributed by atoms with E-state index in [-0.39, 0.29) is 0 Å². The fourth-order valence-electron chi connectivity index (χ4n) is 0.740. The molecule has 0 N–H and O–H groups in total. The maximum atomic E-state index is 5.07. The Balaban J connectivity index is 3.09. The molecule has 1 unspecified atom stereocenters. The van der Waals surface area contributed by atoms with Crippen molar-refractivity contribution >= 4 is 14.7 Å². The Morgan fingerprint density at radius 1 is 1.60 bits per heavy atom. The lowest BCUT2D eigenvalue weighted by Gasteiger charge is -2.02. The molecule has 2 nitrogen and oxygen atoms in total. The second-order valence-electron chi connectivity index (χ2n) is 2.08. The van der Waals surface area contributed by atoms with Crippen molar-refractivity contribution < 1.29 is 4.74 Å². The van der Waals surface area contributed by atoms with Gasteiger partial charge in [0.05, 0.1) is 12.5 Å². The zero-order chi connectivity index (χ0) is 7.56. The fraction of sp³-hybridized carbons (Fsp3) is 0.286. The van der Waals surface area contributed by atoms with Gasteiger partial charge in [0.1, 0.15) is 5.75 Å². The van der Waals surface area contributed by atoms with Crippen LogP contribution in [0.25, 0.3) is 0 Å². The zero-order valence-electron chi connectivity index (χ0n) is 6.09. The third kappa shape index (κ3) is 1.45. The molecular formula is C7H10NOP. The van der Waals surface area contributed by atoms with Crippen LogP contribution in [-0.4, -0.2) is 12.1 Å². The van der Waals surface area contributed by atoms with E-state index in [1.807, 2.05) is 13.0 Å². The summed E-state index contributed by atoms with van der Waals surface area (Å²) in [4.78, 5) is 4.07. The van der Waals surface area contributed by atoms with Crippen LogP contribution in [0.1, 0.15) is 5.56 Å². The van der Waals surface area contributed by atoms with Gasteiger partial charge in [-0.3, -0.25) is 4.98 Å². The predicted molar refractivity (Wildman–Crippen MR) is 44.9 cm³/mol. The molecule has 0 spiro atoms. The summed E-state index contributed by atoms with van der Waals surface area (Å²) in [6.07, 6.45) is 1.79. The van der Waals surface area contributed by atoms with Gasteiger partial charge in [-0.1, -0.05) is 9.24 Å². The highest BCUT2D eigenvalue weighted by Gasteiger charge is 1.96. The Bertz CT molecular complexity index is 237. The van der Waals surface area contributed by atoms with Gasteiger partial charge >= 0.3 is 0 Å². The smallest absolute Gasteiger partial charge is 0.125 e. The highest BCUT2D eigenvalue weighted by atomic mass is 31.0. The average Bonchev–Trinajstić information content (AvgIpc) is 1.94. The maximum Gasteiger partial charge on any atom is 0.125 e. The van der Waals surface area contributed by atoms with Crippen molar-refractivity contribution in [1.29, 1.82) is 0 Å². The highest BCUT2D eigenvalue weighted by molar-refractivity contribution is 7.26. The lowest BCUT2D eigenvalue weighted by Crippen LogP contribution is -1.99. The first-order chi connectivity index (χ1) is 4.74. The number of pyridine rings is 1. The van der Waals surface area contributed by atoms with E-state index in [1.165, 1.54) is 0 Å². The zero-order valence-corrected chi connectivity index (χ0v) is 7.24. The Hall–Kier alpha value is -0.620. The number of ether oxygens (including phenoxy) is 1. The summed E-state index contributed by atoms with van der Waals surface area (Å²) in [6, 6.07) is 1.89. The number of aryl methyl sites for hydroxylation is 1. The second-order valence-corrected chi connectivity index (χ2v) is 2.67. The van der Waals surface area contributed by atoms with Crippen LogP contribution in [-0.2, 0) is 0 Å². The van der Waals surface area contributed by atoms with E-state index in [9.17, 15) is 0 Å². The normalized spacial score (nSPS) is 9.50. The van der Waals surface area contributed by atoms with Gasteiger partial charge in [0, 0.05) is 17.8 Å². The van der Waals surface area contributed by atoms with Crippen molar-refractivity contribution in [1.82, 2.24) is 4.98 Å². The number of methoxy groups -OCH3 is 1. The quantitative estimate of drug-likeness (QED) is 0.562. The molecule has 0 saturated carbocycles. The SMILES string of the molecule is COc1cc(P)ncc1C. The molecule has 0 amide bonds. The lowest BCUT2D eigenvalue weighted by molar-refractivity contribution is 0.411. The summed E-state index contributed by atoms with van der Waals surface area (Å²) in [6.45, 7) is 1.97. The maximum absolute atomic E-state index is 5.07. The first-order valence-electron chi connectivity index (χ1n) is 3.00. The number of hydrogen-bond acceptors (Lipinski definition) is 2. The van der Waals surface area contributed by atoms with Crippen molar-refractivity contribution in [2.45, 2.75) is 6.92 Å². The molecule has 0 aliphatic carbocycles. The molecule has 10 heavy (non-hydrogen) atoms. The van der Waals surface area contributed by atoms with Gasteiger partial charge in [-0.15, -0.1) is 0 Å². The molecule has 0 aromatic carbocycles. The summed E-state index contributed by atoms with van der Waals surface area (Å²) in [5.74, 6) is 0.889. The summed E-state index contributed by atoms with van der Waals surface area (Å²) < 4.78 is 5.07. The molecule has 1 atom stereocenters. The molecule has 1 aromatic heterocycles. The Morgan fingerprint density at radius 3 is 2.80 bits per heavy atom. The molecule has 1 heterocycles. The van der Waals surface area contributed by atoms with E-state index in [4.69, 9.17) is 4.74 Å². The Labute approximate surface area is 62.8 Å². The topological polar surface area (TPSA) is 22.1 Å². The highest BCUT2D eigenvalue weighted by Crippen LogP contribution is 2.13. The van der Waals surface area contributed by atoms with Gasteiger partial charge < -0.3 is 4.74 Å². The van der Waals surface area contributed by atoms with E-state index in [0.717, 1.165) is 16.7 Å². The largest absolute Gasteiger partial charge is 0.496 e. The van der Waals surface area contributed by atoms with E-state index >= 15 is 0 Å². The van der Waals surface area contributed by atoms with Gasteiger partial charge in [0.2, 0.25) is 0 Å². The van der Waals surface area contributed by atoms with Crippen LogP contribution in [0.4, 0.5) is 0 Å². The van der Waals surface area contributed by atoms with Gasteiger partial charge in [0.15, 0.2) is 0 Å². The van der Waals surface area contributed by atoms with Crippen LogP contribution in [0, 0.1) is 6.92 Å². The first-order valence-corrected chi connectivity index (χ1v) is 3.58. The number of aromatic nitrogens is 1. The van der Waals surface area contributed by atoms with Crippen LogP contribution >= 0.6 is 9.24 Å². The standard InChI is InChI=1S/C7H10NOP/c1-5-4-8-7(10)3-6(5)9-2/h3-4H,10H2,1-2H3. The molecule has 0 bridgehead atoms. The monoisotopic (exact) mass is 155 g/mol. The third-order valence-electron chi connectivity index (χ3n) is 1.29. The summed E-state index contributed by atoms with van der Waals surface area (Å²) in [5.41, 5.74) is 1.97. The van der Waals surface area contributed by atoms with Crippen LogP contribution < -0.4 is 10.2 Å². The van der Waals surface area contributed by atoms with Crippen molar-refractivity contribution in [2.24, 2.45) is 0 Å². The molecule has 3 heteroatoms. The van der Waals surface area contributed by atoms with Crippen LogP contribution in [0.5, 0.6) is 5.75 Å². The average molecular weight is 155 g/mol. The van der Waals surface area contributed by atoms with Crippen LogP contribution in [0.2, 0.25) is 0 Å². The van der Waals surface area contributed by atoms with Crippen LogP contribution in [0.15, 0.2) is 12.3 Å². The van der Waals surface area contributed by atoms with Crippen molar-refractivity contribution in [3.05, 3.63) is 17.8 Å². The minimum Gasteiger partial charge on any atom is -0.496 e. The number of nitrogens with zero attached hydrogens (tertiary/aromatic N) is 1. The Morgan fingerprint density at radius 2 is 2.30 bits per heavy atom. The first kappa shape index (κ1) is 7.49. The van der Waals surface area contributed by atoms with Crippen molar-refractivity contribution in [3.8, 4) is 5.75 Å². The van der Waals surface area contributed by atoms with E-state index in [0.29, 0.717) is 0 Å². The van der Waals surface area contributed by atoms with E-state index in [1.54, 1.807) is 13.3 Å². The van der Waals surface area contributed by atoms with Gasteiger partial charge in [0.25, 0.3) is 0 Å². The lowest BCUT2D eigenvalue weighted by atomic mass is 10.3.